The highest BCUT2D eigenvalue weighted by atomic mass is 14.5. The zero-order chi connectivity index (χ0) is 15.0. The van der Waals surface area contributed by atoms with Crippen LogP contribution in [0.15, 0.2) is 0 Å². The smallest absolute Gasteiger partial charge is 0.0692 e. The van der Waals surface area contributed by atoms with Gasteiger partial charge in [-0.1, -0.05) is 77.6 Å². The van der Waals surface area contributed by atoms with Gasteiger partial charge in [-0.05, 0) is 37.5 Å². The van der Waals surface area contributed by atoms with E-state index in [4.69, 9.17) is 0 Å². The Morgan fingerprint density at radius 1 is 0.905 bits per heavy atom. The Morgan fingerprint density at radius 2 is 1.52 bits per heavy atom. The Kier molecular flexibility index (Phi) is 7.08. The van der Waals surface area contributed by atoms with E-state index in [1.807, 2.05) is 0 Å². The number of hydrogen-bond acceptors (Lipinski definition) is 1. The van der Waals surface area contributed by atoms with Crippen LogP contribution >= 0.6 is 0 Å². The van der Waals surface area contributed by atoms with Crippen LogP contribution in [0.3, 0.4) is 0 Å². The van der Waals surface area contributed by atoms with Crippen molar-refractivity contribution in [3.8, 4) is 6.07 Å². The van der Waals surface area contributed by atoms with Gasteiger partial charge in [0.05, 0.1) is 11.5 Å². The fraction of sp³-hybridized carbons (Fsp3) is 0.950. The molecule has 2 aliphatic rings. The van der Waals surface area contributed by atoms with Gasteiger partial charge in [-0.3, -0.25) is 0 Å². The lowest BCUT2D eigenvalue weighted by molar-refractivity contribution is 0.216. The summed E-state index contributed by atoms with van der Waals surface area (Å²) in [4.78, 5) is 0. The molecule has 0 amide bonds. The second-order valence-corrected chi connectivity index (χ2v) is 7.78. The monoisotopic (exact) mass is 289 g/mol. The highest BCUT2D eigenvalue weighted by Crippen LogP contribution is 2.57. The quantitative estimate of drug-likeness (QED) is 0.392. The van der Waals surface area contributed by atoms with E-state index in [-0.39, 0.29) is 5.41 Å². The second-order valence-electron chi connectivity index (χ2n) is 7.78. The third kappa shape index (κ3) is 4.73. The molecule has 2 saturated carbocycles. The maximum absolute atomic E-state index is 9.63. The van der Waals surface area contributed by atoms with Crippen LogP contribution < -0.4 is 0 Å². The third-order valence-corrected chi connectivity index (χ3v) is 6.17. The van der Waals surface area contributed by atoms with Gasteiger partial charge in [0, 0.05) is 0 Å². The van der Waals surface area contributed by atoms with Crippen molar-refractivity contribution < 1.29 is 0 Å². The van der Waals surface area contributed by atoms with Crippen molar-refractivity contribution in [2.24, 2.45) is 17.3 Å². The van der Waals surface area contributed by atoms with Crippen molar-refractivity contribution in [1.82, 2.24) is 0 Å². The van der Waals surface area contributed by atoms with E-state index in [0.29, 0.717) is 0 Å². The van der Waals surface area contributed by atoms with E-state index in [1.54, 1.807) is 0 Å². The van der Waals surface area contributed by atoms with Crippen molar-refractivity contribution >= 4 is 0 Å². The summed E-state index contributed by atoms with van der Waals surface area (Å²) in [5.74, 6) is 1.66. The van der Waals surface area contributed by atoms with Gasteiger partial charge in [0.25, 0.3) is 0 Å². The molecule has 0 aliphatic heterocycles. The molecule has 3 unspecified atom stereocenters. The first kappa shape index (κ1) is 16.9. The van der Waals surface area contributed by atoms with E-state index in [0.717, 1.165) is 11.8 Å². The van der Waals surface area contributed by atoms with Crippen molar-refractivity contribution in [3.05, 3.63) is 0 Å². The molecule has 0 spiro atoms. The highest BCUT2D eigenvalue weighted by Gasteiger charge is 2.50. The molecule has 0 aromatic rings. The van der Waals surface area contributed by atoms with Crippen molar-refractivity contribution in [1.29, 1.82) is 5.26 Å². The van der Waals surface area contributed by atoms with Crippen molar-refractivity contribution in [2.45, 2.75) is 103 Å². The average Bonchev–Trinajstić information content (AvgIpc) is 3.10. The van der Waals surface area contributed by atoms with Crippen LogP contribution in [-0.2, 0) is 0 Å². The SMILES string of the molecule is CCCCCCCCCCCCC1(C#N)CC2CCC1C2. The van der Waals surface area contributed by atoms with Crippen LogP contribution in [0.4, 0.5) is 0 Å². The molecule has 3 atom stereocenters. The normalized spacial score (nSPS) is 30.7. The topological polar surface area (TPSA) is 23.8 Å². The molecule has 21 heavy (non-hydrogen) atoms. The van der Waals surface area contributed by atoms with Gasteiger partial charge >= 0.3 is 0 Å². The standard InChI is InChI=1S/C20H35N/c1-2-3-4-5-6-7-8-9-10-11-14-20(17-21)16-18-12-13-19(20)15-18/h18-19H,2-16H2,1H3. The summed E-state index contributed by atoms with van der Waals surface area (Å²) in [6.07, 6.45) is 20.5. The van der Waals surface area contributed by atoms with Crippen LogP contribution in [0.1, 0.15) is 103 Å². The zero-order valence-corrected chi connectivity index (χ0v) is 14.2. The van der Waals surface area contributed by atoms with E-state index < -0.39 is 0 Å². The number of nitriles is 1. The molecule has 0 heterocycles. The number of rotatable bonds is 11. The maximum Gasteiger partial charge on any atom is 0.0692 e. The fourth-order valence-corrected chi connectivity index (χ4v) is 4.87. The minimum atomic E-state index is 0.100. The minimum absolute atomic E-state index is 0.100. The molecule has 2 aliphatic carbocycles. The zero-order valence-electron chi connectivity index (χ0n) is 14.2. The Balaban J connectivity index is 1.47. The first-order chi connectivity index (χ1) is 10.3. The van der Waals surface area contributed by atoms with Crippen LogP contribution in [0.5, 0.6) is 0 Å². The molecule has 0 saturated heterocycles. The molecule has 1 heteroatoms. The number of unbranched alkanes of at least 4 members (excludes halogenated alkanes) is 9. The lowest BCUT2D eigenvalue weighted by Crippen LogP contribution is -2.25. The Labute approximate surface area is 132 Å². The second kappa shape index (κ2) is 8.82. The first-order valence-electron chi connectivity index (χ1n) is 9.72. The fourth-order valence-electron chi connectivity index (χ4n) is 4.87. The summed E-state index contributed by atoms with van der Waals surface area (Å²) in [5, 5.41) is 9.63. The van der Waals surface area contributed by atoms with Gasteiger partial charge in [-0.2, -0.15) is 5.26 Å². The molecule has 1 nitrogen and oxygen atoms in total. The minimum Gasteiger partial charge on any atom is -0.198 e. The van der Waals surface area contributed by atoms with Crippen LogP contribution in [0.25, 0.3) is 0 Å². The van der Waals surface area contributed by atoms with Gasteiger partial charge in [-0.15, -0.1) is 0 Å². The molecule has 0 radical (unpaired) electrons. The third-order valence-electron chi connectivity index (χ3n) is 6.17. The molecule has 0 N–H and O–H groups in total. The van der Waals surface area contributed by atoms with Crippen LogP contribution in [0, 0.1) is 28.6 Å². The van der Waals surface area contributed by atoms with Gasteiger partial charge in [0.2, 0.25) is 0 Å². The summed E-state index contributed by atoms with van der Waals surface area (Å²) in [6, 6.07) is 2.74. The first-order valence-corrected chi connectivity index (χ1v) is 9.72. The van der Waals surface area contributed by atoms with Crippen LogP contribution in [0.2, 0.25) is 0 Å². The number of fused-ring (bicyclic) bond motifs is 2. The summed E-state index contributed by atoms with van der Waals surface area (Å²) in [7, 11) is 0. The predicted molar refractivity (Wildman–Crippen MR) is 90.0 cm³/mol. The lowest BCUT2D eigenvalue weighted by Gasteiger charge is -2.31. The maximum atomic E-state index is 9.63. The summed E-state index contributed by atoms with van der Waals surface area (Å²) >= 11 is 0. The van der Waals surface area contributed by atoms with Gasteiger partial charge in [0.15, 0.2) is 0 Å². The highest BCUT2D eigenvalue weighted by molar-refractivity contribution is 5.11. The van der Waals surface area contributed by atoms with Gasteiger partial charge in [0.1, 0.15) is 0 Å². The summed E-state index contributed by atoms with van der Waals surface area (Å²) < 4.78 is 0. The molecular formula is C20H35N. The Bertz CT molecular complexity index is 329. The molecule has 2 rings (SSSR count). The van der Waals surface area contributed by atoms with Gasteiger partial charge < -0.3 is 0 Å². The molecule has 0 aromatic heterocycles. The van der Waals surface area contributed by atoms with Crippen molar-refractivity contribution in [2.75, 3.05) is 0 Å². The summed E-state index contributed by atoms with van der Waals surface area (Å²) in [6.45, 7) is 2.28. The molecule has 2 fully saturated rings. The molecule has 120 valence electrons. The molecule has 2 bridgehead atoms. The molecule has 0 aromatic carbocycles. The van der Waals surface area contributed by atoms with E-state index in [2.05, 4.69) is 13.0 Å². The molecular weight excluding hydrogens is 254 g/mol. The number of nitrogens with zero attached hydrogens (tertiary/aromatic N) is 1. The van der Waals surface area contributed by atoms with E-state index >= 15 is 0 Å². The lowest BCUT2D eigenvalue weighted by atomic mass is 9.71. The Hall–Kier alpha value is -0.510. The Morgan fingerprint density at radius 3 is 2.00 bits per heavy atom. The predicted octanol–water partition coefficient (Wildman–Crippen LogP) is 6.63. The average molecular weight is 290 g/mol. The van der Waals surface area contributed by atoms with Crippen molar-refractivity contribution in [3.63, 3.8) is 0 Å². The summed E-state index contributed by atoms with van der Waals surface area (Å²) in [5.41, 5.74) is 0.100. The van der Waals surface area contributed by atoms with Crippen LogP contribution in [-0.4, -0.2) is 0 Å². The number of hydrogen-bond donors (Lipinski definition) is 0. The van der Waals surface area contributed by atoms with E-state index in [1.165, 1.54) is 96.3 Å². The largest absolute Gasteiger partial charge is 0.198 e. The van der Waals surface area contributed by atoms with E-state index in [9.17, 15) is 5.26 Å². The van der Waals surface area contributed by atoms with Gasteiger partial charge in [-0.25, -0.2) is 0 Å².